The summed E-state index contributed by atoms with van der Waals surface area (Å²) >= 11 is 5.84. The van der Waals surface area contributed by atoms with Gasteiger partial charge < -0.3 is 4.90 Å². The summed E-state index contributed by atoms with van der Waals surface area (Å²) < 4.78 is 0. The quantitative estimate of drug-likeness (QED) is 0.485. The van der Waals surface area contributed by atoms with Gasteiger partial charge in [0.2, 0.25) is 0 Å². The predicted octanol–water partition coefficient (Wildman–Crippen LogP) is 2.99. The number of halogens is 1. The first-order valence-corrected chi connectivity index (χ1v) is 6.33. The lowest BCUT2D eigenvalue weighted by Crippen LogP contribution is -2.46. The number of amides is 1. The van der Waals surface area contributed by atoms with Gasteiger partial charge in [0.15, 0.2) is 0 Å². The van der Waals surface area contributed by atoms with Crippen LogP contribution in [0, 0.1) is 17.0 Å². The fourth-order valence-corrected chi connectivity index (χ4v) is 1.68. The third-order valence-corrected chi connectivity index (χ3v) is 3.86. The normalized spacial score (nSPS) is 11.2. The molecule has 0 atom stereocenters. The van der Waals surface area contributed by atoms with Crippen molar-refractivity contribution in [3.8, 4) is 0 Å². The molecule has 0 bridgehead atoms. The molecule has 0 heterocycles. The zero-order valence-electron chi connectivity index (χ0n) is 11.4. The summed E-state index contributed by atoms with van der Waals surface area (Å²) in [5.41, 5.74) is 0.420. The Morgan fingerprint density at radius 2 is 2.05 bits per heavy atom. The van der Waals surface area contributed by atoms with Crippen LogP contribution in [-0.4, -0.2) is 34.2 Å². The van der Waals surface area contributed by atoms with Crippen molar-refractivity contribution in [2.24, 2.45) is 0 Å². The molecule has 0 radical (unpaired) electrons. The van der Waals surface area contributed by atoms with Crippen molar-refractivity contribution >= 4 is 23.2 Å². The van der Waals surface area contributed by atoms with Crippen LogP contribution in [0.15, 0.2) is 18.2 Å². The summed E-state index contributed by atoms with van der Waals surface area (Å²) in [6, 6.07) is 4.27. The number of nitro groups is 1. The van der Waals surface area contributed by atoms with Gasteiger partial charge in [0.1, 0.15) is 0 Å². The summed E-state index contributed by atoms with van der Waals surface area (Å²) in [7, 11) is 1.64. The van der Waals surface area contributed by atoms with Gasteiger partial charge in [-0.3, -0.25) is 14.9 Å². The molecule has 104 valence electrons. The summed E-state index contributed by atoms with van der Waals surface area (Å²) in [6.45, 7) is 5.42. The lowest BCUT2D eigenvalue weighted by atomic mass is 10.0. The van der Waals surface area contributed by atoms with Gasteiger partial charge in [0, 0.05) is 30.6 Å². The van der Waals surface area contributed by atoms with Crippen LogP contribution < -0.4 is 0 Å². The Morgan fingerprint density at radius 3 is 2.53 bits per heavy atom. The fraction of sp³-hybridized carbons (Fsp3) is 0.462. The molecule has 19 heavy (non-hydrogen) atoms. The van der Waals surface area contributed by atoms with E-state index in [4.69, 9.17) is 11.6 Å². The molecule has 0 N–H and O–H groups in total. The van der Waals surface area contributed by atoms with Crippen LogP contribution in [0.2, 0.25) is 0 Å². The van der Waals surface area contributed by atoms with Crippen LogP contribution in [0.5, 0.6) is 0 Å². The molecule has 0 aromatic heterocycles. The molecular weight excluding hydrogens is 268 g/mol. The molecule has 0 saturated carbocycles. The maximum Gasteiger partial charge on any atom is 0.270 e. The third-order valence-electron chi connectivity index (χ3n) is 3.20. The Bertz CT molecular complexity index is 515. The number of carbonyl (C=O) groups excluding carboxylic acids is 1. The number of hydrogen-bond donors (Lipinski definition) is 0. The predicted molar refractivity (Wildman–Crippen MR) is 74.7 cm³/mol. The number of non-ortho nitro benzene ring substituents is 1. The number of benzene rings is 1. The van der Waals surface area contributed by atoms with E-state index in [9.17, 15) is 14.9 Å². The Morgan fingerprint density at radius 1 is 1.47 bits per heavy atom. The highest BCUT2D eigenvalue weighted by atomic mass is 35.5. The van der Waals surface area contributed by atoms with Gasteiger partial charge >= 0.3 is 0 Å². The van der Waals surface area contributed by atoms with E-state index in [2.05, 4.69) is 0 Å². The van der Waals surface area contributed by atoms with Crippen LogP contribution in [0.3, 0.4) is 0 Å². The Kier molecular flexibility index (Phi) is 4.52. The minimum Gasteiger partial charge on any atom is -0.335 e. The first-order valence-electron chi connectivity index (χ1n) is 5.80. The molecule has 5 nitrogen and oxygen atoms in total. The molecule has 0 aliphatic rings. The number of hydrogen-bond acceptors (Lipinski definition) is 3. The van der Waals surface area contributed by atoms with Crippen molar-refractivity contribution in [3.05, 3.63) is 39.4 Å². The topological polar surface area (TPSA) is 63.5 Å². The second-order valence-corrected chi connectivity index (χ2v) is 5.33. The molecule has 6 heteroatoms. The van der Waals surface area contributed by atoms with Crippen molar-refractivity contribution in [1.29, 1.82) is 0 Å². The number of rotatable bonds is 4. The van der Waals surface area contributed by atoms with Crippen LogP contribution in [0.1, 0.15) is 29.8 Å². The monoisotopic (exact) mass is 284 g/mol. The van der Waals surface area contributed by atoms with Crippen LogP contribution in [-0.2, 0) is 0 Å². The largest absolute Gasteiger partial charge is 0.335 e. The molecular formula is C13H17ClN2O3. The number of aryl methyl sites for hydroxylation is 1. The zero-order valence-corrected chi connectivity index (χ0v) is 12.2. The van der Waals surface area contributed by atoms with E-state index in [-0.39, 0.29) is 17.5 Å². The van der Waals surface area contributed by atoms with Crippen LogP contribution in [0.4, 0.5) is 5.69 Å². The molecule has 0 aliphatic heterocycles. The van der Waals surface area contributed by atoms with E-state index in [1.165, 1.54) is 17.0 Å². The molecule has 1 aromatic carbocycles. The SMILES string of the molecule is Cc1ccc([N+](=O)[O-])cc1C(=O)N(C)C(C)(C)CCl. The van der Waals surface area contributed by atoms with Crippen molar-refractivity contribution in [1.82, 2.24) is 4.90 Å². The molecule has 0 saturated heterocycles. The summed E-state index contributed by atoms with van der Waals surface area (Å²) in [4.78, 5) is 24.2. The summed E-state index contributed by atoms with van der Waals surface area (Å²) in [5.74, 6) is 0.00953. The van der Waals surface area contributed by atoms with Crippen LogP contribution in [0.25, 0.3) is 0 Å². The summed E-state index contributed by atoms with van der Waals surface area (Å²) in [5, 5.41) is 10.8. The van der Waals surface area contributed by atoms with Gasteiger partial charge in [-0.25, -0.2) is 0 Å². The van der Waals surface area contributed by atoms with Gasteiger partial charge in [-0.2, -0.15) is 0 Å². The highest BCUT2D eigenvalue weighted by Gasteiger charge is 2.28. The molecule has 0 spiro atoms. The van der Waals surface area contributed by atoms with E-state index in [0.29, 0.717) is 11.1 Å². The molecule has 0 aliphatic carbocycles. The minimum absolute atomic E-state index is 0.0916. The zero-order chi connectivity index (χ0) is 14.8. The molecule has 1 amide bonds. The maximum absolute atomic E-state index is 12.4. The highest BCUT2D eigenvalue weighted by Crippen LogP contribution is 2.22. The highest BCUT2D eigenvalue weighted by molar-refractivity contribution is 6.18. The number of alkyl halides is 1. The van der Waals surface area contributed by atoms with Gasteiger partial charge in [-0.15, -0.1) is 11.6 Å². The van der Waals surface area contributed by atoms with Gasteiger partial charge in [-0.05, 0) is 26.3 Å². The third kappa shape index (κ3) is 3.23. The Balaban J connectivity index is 3.19. The Hall–Kier alpha value is -1.62. The van der Waals surface area contributed by atoms with Gasteiger partial charge in [-0.1, -0.05) is 6.07 Å². The van der Waals surface area contributed by atoms with E-state index >= 15 is 0 Å². The van der Waals surface area contributed by atoms with E-state index < -0.39 is 10.5 Å². The Labute approximate surface area is 117 Å². The van der Waals surface area contributed by atoms with E-state index in [0.717, 1.165) is 0 Å². The number of nitro benzene ring substituents is 1. The standard InChI is InChI=1S/C13H17ClN2O3/c1-9-5-6-10(16(18)19)7-11(9)12(17)15(4)13(2,3)8-14/h5-7H,8H2,1-4H3. The first kappa shape index (κ1) is 15.4. The lowest BCUT2D eigenvalue weighted by molar-refractivity contribution is -0.384. The van der Waals surface area contributed by atoms with Crippen molar-refractivity contribution < 1.29 is 9.72 Å². The second kappa shape index (κ2) is 5.57. The lowest BCUT2D eigenvalue weighted by Gasteiger charge is -2.34. The maximum atomic E-state index is 12.4. The average molecular weight is 285 g/mol. The second-order valence-electron chi connectivity index (χ2n) is 5.07. The van der Waals surface area contributed by atoms with Crippen LogP contribution >= 0.6 is 11.6 Å². The first-order chi connectivity index (χ1) is 8.70. The van der Waals surface area contributed by atoms with Gasteiger partial charge in [0.05, 0.1) is 10.5 Å². The smallest absolute Gasteiger partial charge is 0.270 e. The van der Waals surface area contributed by atoms with E-state index in [1.54, 1.807) is 20.0 Å². The van der Waals surface area contributed by atoms with Crippen molar-refractivity contribution in [2.75, 3.05) is 12.9 Å². The number of nitrogens with zero attached hydrogens (tertiary/aromatic N) is 2. The molecule has 1 aromatic rings. The molecule has 0 fully saturated rings. The van der Waals surface area contributed by atoms with E-state index in [1.807, 2.05) is 13.8 Å². The average Bonchev–Trinajstić information content (AvgIpc) is 2.37. The summed E-state index contributed by atoms with van der Waals surface area (Å²) in [6.07, 6.45) is 0. The van der Waals surface area contributed by atoms with Crippen molar-refractivity contribution in [3.63, 3.8) is 0 Å². The fourth-order valence-electron chi connectivity index (χ4n) is 1.50. The number of carbonyl (C=O) groups is 1. The van der Waals surface area contributed by atoms with Crippen molar-refractivity contribution in [2.45, 2.75) is 26.3 Å². The molecule has 1 rings (SSSR count). The van der Waals surface area contributed by atoms with Gasteiger partial charge in [0.25, 0.3) is 11.6 Å². The minimum atomic E-state index is -0.518. The molecule has 0 unspecified atom stereocenters.